The second kappa shape index (κ2) is 5.34. The Morgan fingerprint density at radius 1 is 1.37 bits per heavy atom. The van der Waals surface area contributed by atoms with E-state index in [0.717, 1.165) is 0 Å². The van der Waals surface area contributed by atoms with Crippen LogP contribution >= 0.6 is 0 Å². The van der Waals surface area contributed by atoms with Crippen LogP contribution in [0.25, 0.3) is 0 Å². The van der Waals surface area contributed by atoms with Gasteiger partial charge in [-0.2, -0.15) is 4.98 Å². The second-order valence-corrected chi connectivity index (χ2v) is 3.91. The molecule has 0 saturated carbocycles. The van der Waals surface area contributed by atoms with Gasteiger partial charge in [0.25, 0.3) is 0 Å². The summed E-state index contributed by atoms with van der Waals surface area (Å²) in [4.78, 5) is 19.2. The summed E-state index contributed by atoms with van der Waals surface area (Å²) in [6, 6.07) is 5.07. The van der Waals surface area contributed by atoms with Crippen LogP contribution < -0.4 is 10.1 Å². The minimum absolute atomic E-state index is 0.251. The largest absolute Gasteiger partial charge is 0.480 e. The highest BCUT2D eigenvalue weighted by Gasteiger charge is 2.08. The number of nitrogens with one attached hydrogen (secondary N) is 1. The van der Waals surface area contributed by atoms with Crippen molar-refractivity contribution in [2.45, 2.75) is 6.92 Å². The van der Waals surface area contributed by atoms with E-state index in [0.29, 0.717) is 22.9 Å². The zero-order valence-electron chi connectivity index (χ0n) is 10.5. The number of carboxylic acids is 1. The lowest BCUT2D eigenvalue weighted by Crippen LogP contribution is -2.02. The second-order valence-electron chi connectivity index (χ2n) is 3.91. The van der Waals surface area contributed by atoms with E-state index in [1.54, 1.807) is 25.1 Å². The van der Waals surface area contributed by atoms with E-state index >= 15 is 0 Å². The number of ether oxygens (including phenoxy) is 1. The summed E-state index contributed by atoms with van der Waals surface area (Å²) in [7, 11) is 1.50. The Balaban J connectivity index is 2.28. The van der Waals surface area contributed by atoms with Crippen LogP contribution in [0.3, 0.4) is 0 Å². The van der Waals surface area contributed by atoms with Gasteiger partial charge in [-0.05, 0) is 24.6 Å². The molecule has 0 fully saturated rings. The molecule has 0 amide bonds. The number of hydrogen-bond acceptors (Lipinski definition) is 5. The highest BCUT2D eigenvalue weighted by molar-refractivity contribution is 5.90. The van der Waals surface area contributed by atoms with E-state index in [9.17, 15) is 4.79 Å². The van der Waals surface area contributed by atoms with Crippen LogP contribution in [0.15, 0.2) is 30.6 Å². The molecule has 0 spiro atoms. The number of rotatable bonds is 4. The summed E-state index contributed by atoms with van der Waals surface area (Å²) in [5, 5.41) is 12.0. The van der Waals surface area contributed by atoms with Crippen molar-refractivity contribution in [1.29, 1.82) is 0 Å². The molecule has 0 saturated heterocycles. The monoisotopic (exact) mass is 259 g/mol. The van der Waals surface area contributed by atoms with E-state index < -0.39 is 5.97 Å². The van der Waals surface area contributed by atoms with Crippen LogP contribution in [-0.4, -0.2) is 28.2 Å². The first-order valence-electron chi connectivity index (χ1n) is 5.57. The van der Waals surface area contributed by atoms with Crippen LogP contribution in [-0.2, 0) is 0 Å². The van der Waals surface area contributed by atoms with E-state index in [-0.39, 0.29) is 5.56 Å². The first-order chi connectivity index (χ1) is 9.10. The van der Waals surface area contributed by atoms with Crippen LogP contribution in [0.5, 0.6) is 5.88 Å². The molecule has 1 aromatic carbocycles. The maximum absolute atomic E-state index is 11.1. The van der Waals surface area contributed by atoms with Crippen molar-refractivity contribution in [3.05, 3.63) is 41.7 Å². The molecule has 2 aromatic rings. The molecule has 0 atom stereocenters. The van der Waals surface area contributed by atoms with E-state index in [2.05, 4.69) is 15.3 Å². The number of nitrogens with zero attached hydrogens (tertiary/aromatic N) is 2. The molecule has 6 heteroatoms. The fraction of sp³-hybridized carbons (Fsp3) is 0.154. The SMILES string of the molecule is COc1cncc(Nc2ccc(C)c(C(=O)O)c2)n1. The molecule has 0 aliphatic carbocycles. The highest BCUT2D eigenvalue weighted by atomic mass is 16.5. The van der Waals surface area contributed by atoms with Crippen LogP contribution in [0, 0.1) is 6.92 Å². The standard InChI is InChI=1S/C13H13N3O3/c1-8-3-4-9(5-10(8)13(17)18)15-11-6-14-7-12(16-11)19-2/h3-7H,1-2H3,(H,15,16)(H,17,18). The van der Waals surface area contributed by atoms with Crippen molar-refractivity contribution in [3.63, 3.8) is 0 Å². The Kier molecular flexibility index (Phi) is 3.61. The van der Waals surface area contributed by atoms with Gasteiger partial charge in [0.2, 0.25) is 5.88 Å². The average molecular weight is 259 g/mol. The predicted octanol–water partition coefficient (Wildman–Crippen LogP) is 2.24. The lowest BCUT2D eigenvalue weighted by Gasteiger charge is -2.08. The molecule has 0 bridgehead atoms. The third-order valence-corrected chi connectivity index (χ3v) is 2.56. The summed E-state index contributed by atoms with van der Waals surface area (Å²) in [6.07, 6.45) is 3.02. The quantitative estimate of drug-likeness (QED) is 0.875. The Labute approximate surface area is 110 Å². The van der Waals surface area contributed by atoms with Gasteiger partial charge >= 0.3 is 5.97 Å². The number of aromatic nitrogens is 2. The summed E-state index contributed by atoms with van der Waals surface area (Å²) >= 11 is 0. The molecule has 0 unspecified atom stereocenters. The molecular formula is C13H13N3O3. The molecule has 1 aromatic heterocycles. The topological polar surface area (TPSA) is 84.3 Å². The Morgan fingerprint density at radius 2 is 2.16 bits per heavy atom. The third-order valence-electron chi connectivity index (χ3n) is 2.56. The maximum Gasteiger partial charge on any atom is 0.336 e. The first-order valence-corrected chi connectivity index (χ1v) is 5.57. The molecule has 0 radical (unpaired) electrons. The van der Waals surface area contributed by atoms with Crippen molar-refractivity contribution < 1.29 is 14.6 Å². The Hall–Kier alpha value is -2.63. The van der Waals surface area contributed by atoms with Gasteiger partial charge in [0.15, 0.2) is 5.82 Å². The van der Waals surface area contributed by atoms with Crippen molar-refractivity contribution in [1.82, 2.24) is 9.97 Å². The molecule has 19 heavy (non-hydrogen) atoms. The fourth-order valence-corrected chi connectivity index (χ4v) is 1.58. The number of carboxylic acid groups (broad SMARTS) is 1. The smallest absolute Gasteiger partial charge is 0.336 e. The number of methoxy groups -OCH3 is 1. The van der Waals surface area contributed by atoms with E-state index in [4.69, 9.17) is 9.84 Å². The molecule has 2 N–H and O–H groups in total. The van der Waals surface area contributed by atoms with E-state index in [1.807, 2.05) is 0 Å². The predicted molar refractivity (Wildman–Crippen MR) is 70.0 cm³/mol. The minimum Gasteiger partial charge on any atom is -0.480 e. The summed E-state index contributed by atoms with van der Waals surface area (Å²) in [5.74, 6) is -0.0898. The molecule has 6 nitrogen and oxygen atoms in total. The number of anilines is 2. The van der Waals surface area contributed by atoms with Crippen LogP contribution in [0.1, 0.15) is 15.9 Å². The summed E-state index contributed by atoms with van der Waals surface area (Å²) < 4.78 is 4.97. The first kappa shape index (κ1) is 12.8. The third kappa shape index (κ3) is 2.98. The Bertz CT molecular complexity index is 614. The molecule has 0 aliphatic rings. The van der Waals surface area contributed by atoms with Gasteiger partial charge in [0.05, 0.1) is 25.1 Å². The lowest BCUT2D eigenvalue weighted by atomic mass is 10.1. The number of benzene rings is 1. The van der Waals surface area contributed by atoms with Gasteiger partial charge in [-0.25, -0.2) is 4.79 Å². The van der Waals surface area contributed by atoms with Gasteiger partial charge in [0, 0.05) is 5.69 Å². The zero-order chi connectivity index (χ0) is 13.8. The molecule has 1 heterocycles. The molecule has 98 valence electrons. The van der Waals surface area contributed by atoms with E-state index in [1.165, 1.54) is 19.5 Å². The summed E-state index contributed by atoms with van der Waals surface area (Å²) in [5.41, 5.74) is 1.58. The average Bonchev–Trinajstić information content (AvgIpc) is 2.41. The van der Waals surface area contributed by atoms with Crippen molar-refractivity contribution in [3.8, 4) is 5.88 Å². The number of aromatic carboxylic acids is 1. The minimum atomic E-state index is -0.960. The number of aryl methyl sites for hydroxylation is 1. The van der Waals surface area contributed by atoms with Crippen molar-refractivity contribution >= 4 is 17.5 Å². The van der Waals surface area contributed by atoms with Crippen LogP contribution in [0.4, 0.5) is 11.5 Å². The normalized spacial score (nSPS) is 10.0. The van der Waals surface area contributed by atoms with Crippen molar-refractivity contribution in [2.75, 3.05) is 12.4 Å². The fourth-order valence-electron chi connectivity index (χ4n) is 1.58. The van der Waals surface area contributed by atoms with Crippen molar-refractivity contribution in [2.24, 2.45) is 0 Å². The van der Waals surface area contributed by atoms with Gasteiger partial charge in [-0.1, -0.05) is 6.07 Å². The Morgan fingerprint density at radius 3 is 2.84 bits per heavy atom. The summed E-state index contributed by atoms with van der Waals surface area (Å²) in [6.45, 7) is 1.75. The van der Waals surface area contributed by atoms with Gasteiger partial charge in [-0.15, -0.1) is 0 Å². The van der Waals surface area contributed by atoms with Gasteiger partial charge in [-0.3, -0.25) is 4.98 Å². The van der Waals surface area contributed by atoms with Crippen LogP contribution in [0.2, 0.25) is 0 Å². The molecule has 2 rings (SSSR count). The molecular weight excluding hydrogens is 246 g/mol. The molecule has 0 aliphatic heterocycles. The van der Waals surface area contributed by atoms with Gasteiger partial charge in [0.1, 0.15) is 0 Å². The van der Waals surface area contributed by atoms with Gasteiger partial charge < -0.3 is 15.2 Å². The lowest BCUT2D eigenvalue weighted by molar-refractivity contribution is 0.0696. The number of carbonyl (C=O) groups is 1. The number of hydrogen-bond donors (Lipinski definition) is 2. The zero-order valence-corrected chi connectivity index (χ0v) is 10.5. The highest BCUT2D eigenvalue weighted by Crippen LogP contribution is 2.19. The maximum atomic E-state index is 11.1.